The smallest absolute Gasteiger partial charge is 0.177 e. The van der Waals surface area contributed by atoms with Crippen LogP contribution in [0.2, 0.25) is 0 Å². The van der Waals surface area contributed by atoms with E-state index in [1.807, 2.05) is 45.9 Å². The Hall–Kier alpha value is -3.20. The molecule has 4 aromatic rings. The normalized spacial score (nSPS) is 16.0. The Labute approximate surface area is 162 Å². The van der Waals surface area contributed by atoms with Gasteiger partial charge in [0.1, 0.15) is 0 Å². The van der Waals surface area contributed by atoms with Crippen molar-refractivity contribution >= 4 is 5.65 Å². The Balaban J connectivity index is 1.30. The first-order chi connectivity index (χ1) is 13.9. The molecular formula is C19H21N9. The van der Waals surface area contributed by atoms with Gasteiger partial charge >= 0.3 is 0 Å². The molecule has 5 heterocycles. The van der Waals surface area contributed by atoms with E-state index in [2.05, 4.69) is 30.4 Å². The third kappa shape index (κ3) is 3.36. The van der Waals surface area contributed by atoms with Crippen LogP contribution in [0, 0.1) is 0 Å². The molecule has 28 heavy (non-hydrogen) atoms. The van der Waals surface area contributed by atoms with Crippen LogP contribution in [0.15, 0.2) is 49.1 Å². The molecule has 0 unspecified atom stereocenters. The van der Waals surface area contributed by atoms with Crippen LogP contribution in [-0.4, -0.2) is 64.3 Å². The summed E-state index contributed by atoms with van der Waals surface area (Å²) in [5.41, 5.74) is 2.66. The number of rotatable bonds is 5. The van der Waals surface area contributed by atoms with Crippen molar-refractivity contribution in [1.82, 2.24) is 44.7 Å². The molecule has 0 aromatic carbocycles. The second-order valence-electron chi connectivity index (χ2n) is 7.07. The topological polar surface area (TPSA) is 89.9 Å². The molecule has 1 aliphatic rings. The van der Waals surface area contributed by atoms with E-state index in [1.54, 1.807) is 12.4 Å². The molecule has 1 fully saturated rings. The van der Waals surface area contributed by atoms with Gasteiger partial charge in [0.2, 0.25) is 0 Å². The molecule has 0 bridgehead atoms. The van der Waals surface area contributed by atoms with E-state index in [0.717, 1.165) is 61.7 Å². The van der Waals surface area contributed by atoms with Crippen LogP contribution in [0.5, 0.6) is 0 Å². The van der Waals surface area contributed by atoms with Gasteiger partial charge in [-0.2, -0.15) is 9.61 Å². The lowest BCUT2D eigenvalue weighted by molar-refractivity contribution is 0.199. The van der Waals surface area contributed by atoms with Crippen LogP contribution < -0.4 is 0 Å². The highest BCUT2D eigenvalue weighted by atomic mass is 15.4. The van der Waals surface area contributed by atoms with E-state index in [9.17, 15) is 0 Å². The monoisotopic (exact) mass is 375 g/mol. The quantitative estimate of drug-likeness (QED) is 0.524. The third-order valence-corrected chi connectivity index (χ3v) is 5.31. The lowest BCUT2D eigenvalue weighted by atomic mass is 9.96. The third-order valence-electron chi connectivity index (χ3n) is 5.31. The molecule has 0 spiro atoms. The molecule has 0 N–H and O–H groups in total. The molecule has 0 amide bonds. The summed E-state index contributed by atoms with van der Waals surface area (Å²) in [4.78, 5) is 6.66. The minimum atomic E-state index is 0.370. The average Bonchev–Trinajstić information content (AvgIpc) is 3.43. The molecule has 9 heteroatoms. The van der Waals surface area contributed by atoms with Crippen molar-refractivity contribution in [3.8, 4) is 11.3 Å². The van der Waals surface area contributed by atoms with E-state index in [1.165, 1.54) is 0 Å². The molecule has 5 rings (SSSR count). The van der Waals surface area contributed by atoms with E-state index in [-0.39, 0.29) is 0 Å². The lowest BCUT2D eigenvalue weighted by Gasteiger charge is -2.30. The molecule has 0 aliphatic carbocycles. The predicted molar refractivity (Wildman–Crippen MR) is 102 cm³/mol. The average molecular weight is 375 g/mol. The summed E-state index contributed by atoms with van der Waals surface area (Å²) in [5, 5.41) is 21.5. The summed E-state index contributed by atoms with van der Waals surface area (Å²) >= 11 is 0. The molecule has 0 atom stereocenters. The summed E-state index contributed by atoms with van der Waals surface area (Å²) in [6, 6.07) is 7.87. The molecule has 4 aromatic heterocycles. The van der Waals surface area contributed by atoms with Crippen LogP contribution in [0.1, 0.15) is 24.6 Å². The second kappa shape index (κ2) is 7.43. The van der Waals surface area contributed by atoms with Gasteiger partial charge in [-0.15, -0.1) is 15.3 Å². The van der Waals surface area contributed by atoms with Crippen LogP contribution in [0.4, 0.5) is 0 Å². The van der Waals surface area contributed by atoms with Crippen molar-refractivity contribution in [2.24, 2.45) is 0 Å². The Morgan fingerprint density at radius 3 is 2.71 bits per heavy atom. The largest absolute Gasteiger partial charge is 0.301 e. The summed E-state index contributed by atoms with van der Waals surface area (Å²) < 4.78 is 3.78. The van der Waals surface area contributed by atoms with Gasteiger partial charge in [0.15, 0.2) is 11.5 Å². The van der Waals surface area contributed by atoms with E-state index in [4.69, 9.17) is 5.10 Å². The van der Waals surface area contributed by atoms with Crippen LogP contribution in [0.25, 0.3) is 16.9 Å². The van der Waals surface area contributed by atoms with Crippen molar-refractivity contribution < 1.29 is 0 Å². The van der Waals surface area contributed by atoms with Crippen molar-refractivity contribution in [3.05, 3.63) is 54.9 Å². The molecule has 0 saturated carbocycles. The summed E-state index contributed by atoms with van der Waals surface area (Å²) in [5.74, 6) is 1.32. The van der Waals surface area contributed by atoms with Gasteiger partial charge in [0.25, 0.3) is 0 Å². The number of aromatic nitrogens is 8. The zero-order valence-electron chi connectivity index (χ0n) is 15.5. The fourth-order valence-corrected chi connectivity index (χ4v) is 3.74. The molecule has 0 radical (unpaired) electrons. The maximum absolute atomic E-state index is 4.79. The predicted octanol–water partition coefficient (Wildman–Crippen LogP) is 1.66. The Kier molecular flexibility index (Phi) is 4.50. The van der Waals surface area contributed by atoms with Gasteiger partial charge in [0, 0.05) is 36.6 Å². The van der Waals surface area contributed by atoms with Gasteiger partial charge in [0.05, 0.1) is 18.4 Å². The van der Waals surface area contributed by atoms with Gasteiger partial charge in [-0.05, 0) is 50.2 Å². The standard InChI is InChI=1S/C19H21N9/c1-2-16(14-20-7-1)17-3-4-18-22-23-19(28(18)24-17)15-5-9-26(10-6-15)12-13-27-11-8-21-25-27/h1-4,7-8,11,14-15H,5-6,9-10,12-13H2. The first-order valence-corrected chi connectivity index (χ1v) is 9.56. The minimum Gasteiger partial charge on any atom is -0.301 e. The fraction of sp³-hybridized carbons (Fsp3) is 0.368. The first kappa shape index (κ1) is 16.9. The van der Waals surface area contributed by atoms with Gasteiger partial charge in [-0.1, -0.05) is 5.21 Å². The summed E-state index contributed by atoms with van der Waals surface area (Å²) in [7, 11) is 0. The number of pyridine rings is 1. The highest BCUT2D eigenvalue weighted by molar-refractivity contribution is 5.58. The minimum absolute atomic E-state index is 0.370. The molecule has 1 saturated heterocycles. The zero-order chi connectivity index (χ0) is 18.8. The maximum atomic E-state index is 4.79. The number of nitrogens with zero attached hydrogens (tertiary/aromatic N) is 9. The van der Waals surface area contributed by atoms with Crippen molar-refractivity contribution in [1.29, 1.82) is 0 Å². The number of hydrogen-bond donors (Lipinski definition) is 0. The number of piperidine rings is 1. The van der Waals surface area contributed by atoms with Crippen molar-refractivity contribution in [2.45, 2.75) is 25.3 Å². The number of likely N-dealkylation sites (tertiary alicyclic amines) is 1. The number of hydrogen-bond acceptors (Lipinski definition) is 7. The van der Waals surface area contributed by atoms with Gasteiger partial charge in [-0.3, -0.25) is 9.67 Å². The van der Waals surface area contributed by atoms with Crippen LogP contribution in [-0.2, 0) is 6.54 Å². The number of fused-ring (bicyclic) bond motifs is 1. The Morgan fingerprint density at radius 1 is 1.00 bits per heavy atom. The SMILES string of the molecule is c1cncc(-c2ccc3nnc(C4CCN(CCn5ccnn5)CC4)n3n2)c1. The maximum Gasteiger partial charge on any atom is 0.177 e. The van der Waals surface area contributed by atoms with E-state index in [0.29, 0.717) is 5.92 Å². The highest BCUT2D eigenvalue weighted by Gasteiger charge is 2.25. The fourth-order valence-electron chi connectivity index (χ4n) is 3.74. The van der Waals surface area contributed by atoms with Gasteiger partial charge in [-0.25, -0.2) is 0 Å². The molecule has 1 aliphatic heterocycles. The van der Waals surface area contributed by atoms with Crippen molar-refractivity contribution in [3.63, 3.8) is 0 Å². The second-order valence-corrected chi connectivity index (χ2v) is 7.07. The van der Waals surface area contributed by atoms with Crippen LogP contribution >= 0.6 is 0 Å². The van der Waals surface area contributed by atoms with E-state index < -0.39 is 0 Å². The first-order valence-electron chi connectivity index (χ1n) is 9.56. The molecule has 142 valence electrons. The van der Waals surface area contributed by atoms with Crippen molar-refractivity contribution in [2.75, 3.05) is 19.6 Å². The van der Waals surface area contributed by atoms with E-state index >= 15 is 0 Å². The Bertz CT molecular complexity index is 1030. The summed E-state index contributed by atoms with van der Waals surface area (Å²) in [6.07, 6.45) is 9.32. The van der Waals surface area contributed by atoms with Crippen LogP contribution in [0.3, 0.4) is 0 Å². The van der Waals surface area contributed by atoms with Gasteiger partial charge < -0.3 is 4.90 Å². The highest BCUT2D eigenvalue weighted by Crippen LogP contribution is 2.27. The Morgan fingerprint density at radius 2 is 1.93 bits per heavy atom. The summed E-state index contributed by atoms with van der Waals surface area (Å²) in [6.45, 7) is 3.93. The molecule has 9 nitrogen and oxygen atoms in total. The molecular weight excluding hydrogens is 354 g/mol. The lowest BCUT2D eigenvalue weighted by Crippen LogP contribution is -2.35. The zero-order valence-corrected chi connectivity index (χ0v) is 15.5.